The van der Waals surface area contributed by atoms with Crippen LogP contribution in [0.1, 0.15) is 39.5 Å². The van der Waals surface area contributed by atoms with Crippen molar-refractivity contribution < 1.29 is 0 Å². The molecule has 0 bridgehead atoms. The Kier molecular flexibility index (Phi) is 7.23. The molecule has 0 unspecified atom stereocenters. The molecule has 0 amide bonds. The maximum absolute atomic E-state index is 3.53. The molecule has 68 valence electrons. The normalized spacial score (nSPS) is 11.9. The van der Waals surface area contributed by atoms with Gasteiger partial charge in [-0.05, 0) is 25.8 Å². The summed E-state index contributed by atoms with van der Waals surface area (Å²) in [5.74, 6) is 0. The van der Waals surface area contributed by atoms with Gasteiger partial charge in [0.2, 0.25) is 0 Å². The van der Waals surface area contributed by atoms with Gasteiger partial charge in [0.25, 0.3) is 0 Å². The minimum Gasteiger partial charge on any atom is -0.128 e. The van der Waals surface area contributed by atoms with E-state index in [1.165, 1.54) is 31.3 Å². The fraction of sp³-hybridized carbons (Fsp3) is 0.545. The molecular weight excluding hydrogens is 212 g/mol. The summed E-state index contributed by atoms with van der Waals surface area (Å²) < 4.78 is 1.13. The van der Waals surface area contributed by atoms with Crippen LogP contribution in [0.3, 0.4) is 0 Å². The molecule has 0 aliphatic rings. The Morgan fingerprint density at radius 1 is 1.50 bits per heavy atom. The molecule has 1 heteroatoms. The molecule has 0 rings (SSSR count). The van der Waals surface area contributed by atoms with E-state index in [0.717, 1.165) is 4.48 Å². The summed E-state index contributed by atoms with van der Waals surface area (Å²) in [5, 5.41) is 0. The fourth-order valence-corrected chi connectivity index (χ4v) is 1.33. The van der Waals surface area contributed by atoms with Crippen LogP contribution in [0.5, 0.6) is 0 Å². The fourth-order valence-electron chi connectivity index (χ4n) is 0.972. The molecule has 0 nitrogen and oxygen atoms in total. The molecule has 0 aromatic carbocycles. The van der Waals surface area contributed by atoms with Crippen LogP contribution in [0, 0.1) is 0 Å². The molecule has 0 saturated heterocycles. The highest BCUT2D eigenvalue weighted by atomic mass is 79.9. The smallest absolute Gasteiger partial charge is 0.0241 e. The second-order valence-corrected chi connectivity index (χ2v) is 3.79. The van der Waals surface area contributed by atoms with Gasteiger partial charge in [-0.3, -0.25) is 0 Å². The van der Waals surface area contributed by atoms with Gasteiger partial charge in [0.15, 0.2) is 0 Å². The molecular formula is C11H17Br. The zero-order valence-electron chi connectivity index (χ0n) is 7.99. The first-order valence-electron chi connectivity index (χ1n) is 4.43. The first-order valence-corrected chi connectivity index (χ1v) is 5.22. The number of allylic oxidation sites excluding steroid dienone is 3. The maximum Gasteiger partial charge on any atom is 0.0241 e. The summed E-state index contributed by atoms with van der Waals surface area (Å²) in [4.78, 5) is 0. The molecule has 0 saturated carbocycles. The van der Waals surface area contributed by atoms with Crippen LogP contribution in [0.15, 0.2) is 28.4 Å². The van der Waals surface area contributed by atoms with Crippen molar-refractivity contribution in [2.24, 2.45) is 0 Å². The van der Waals surface area contributed by atoms with Gasteiger partial charge in [0.1, 0.15) is 0 Å². The monoisotopic (exact) mass is 228 g/mol. The van der Waals surface area contributed by atoms with Crippen LogP contribution >= 0.6 is 15.9 Å². The first kappa shape index (κ1) is 11.7. The van der Waals surface area contributed by atoms with Crippen molar-refractivity contribution >= 4 is 15.9 Å². The zero-order valence-corrected chi connectivity index (χ0v) is 9.58. The molecule has 0 atom stereocenters. The second-order valence-electron chi connectivity index (χ2n) is 2.93. The number of unbranched alkanes of at least 4 members (excludes halogenated alkanes) is 2. The van der Waals surface area contributed by atoms with Crippen molar-refractivity contribution in [3.8, 4) is 0 Å². The van der Waals surface area contributed by atoms with Gasteiger partial charge in [-0.25, -0.2) is 0 Å². The van der Waals surface area contributed by atoms with Crippen molar-refractivity contribution in [3.63, 3.8) is 0 Å². The van der Waals surface area contributed by atoms with Gasteiger partial charge in [-0.2, -0.15) is 0 Å². The standard InChI is InChI=1S/C11H17Br/c1-4-6-7-9-10(3)11(12)8-5-2/h8H,2,4,6-7,9H2,1,3H3/b11-10-. The van der Waals surface area contributed by atoms with Crippen LogP contribution in [0.2, 0.25) is 0 Å². The average molecular weight is 229 g/mol. The SMILES string of the molecule is C=C=C/C(Br)=C(\C)CCCCC. The molecule has 0 aromatic heterocycles. The lowest BCUT2D eigenvalue weighted by atomic mass is 10.1. The van der Waals surface area contributed by atoms with E-state index in [1.54, 1.807) is 0 Å². The maximum atomic E-state index is 3.53. The Morgan fingerprint density at radius 3 is 2.67 bits per heavy atom. The summed E-state index contributed by atoms with van der Waals surface area (Å²) in [6, 6.07) is 0. The highest BCUT2D eigenvalue weighted by Crippen LogP contribution is 2.18. The van der Waals surface area contributed by atoms with Gasteiger partial charge in [0, 0.05) is 4.48 Å². The average Bonchev–Trinajstić information content (AvgIpc) is 2.05. The molecule has 0 heterocycles. The first-order chi connectivity index (χ1) is 5.72. The van der Waals surface area contributed by atoms with Crippen molar-refractivity contribution in [2.75, 3.05) is 0 Å². The summed E-state index contributed by atoms with van der Waals surface area (Å²) in [6.45, 7) is 7.90. The van der Waals surface area contributed by atoms with Crippen molar-refractivity contribution in [3.05, 3.63) is 28.4 Å². The Hall–Kier alpha value is -0.260. The van der Waals surface area contributed by atoms with Crippen LogP contribution < -0.4 is 0 Å². The van der Waals surface area contributed by atoms with E-state index in [2.05, 4.69) is 42.1 Å². The Morgan fingerprint density at radius 2 is 2.17 bits per heavy atom. The summed E-state index contributed by atoms with van der Waals surface area (Å²) in [6.07, 6.45) is 6.92. The Bertz CT molecular complexity index is 195. The quantitative estimate of drug-likeness (QED) is 0.368. The molecule has 0 spiro atoms. The Balaban J connectivity index is 3.90. The largest absolute Gasteiger partial charge is 0.128 e. The number of halogens is 1. The third-order valence-electron chi connectivity index (χ3n) is 1.79. The number of hydrogen-bond donors (Lipinski definition) is 0. The lowest BCUT2D eigenvalue weighted by Crippen LogP contribution is -1.80. The summed E-state index contributed by atoms with van der Waals surface area (Å²) in [5.41, 5.74) is 4.15. The highest BCUT2D eigenvalue weighted by Gasteiger charge is 1.94. The molecule has 0 aliphatic carbocycles. The van der Waals surface area contributed by atoms with E-state index in [0.29, 0.717) is 0 Å². The van der Waals surface area contributed by atoms with Crippen molar-refractivity contribution in [1.29, 1.82) is 0 Å². The molecule has 0 radical (unpaired) electrons. The van der Waals surface area contributed by atoms with Crippen LogP contribution in [-0.2, 0) is 0 Å². The topological polar surface area (TPSA) is 0 Å². The van der Waals surface area contributed by atoms with Gasteiger partial charge < -0.3 is 0 Å². The van der Waals surface area contributed by atoms with E-state index in [9.17, 15) is 0 Å². The van der Waals surface area contributed by atoms with E-state index < -0.39 is 0 Å². The lowest BCUT2D eigenvalue weighted by Gasteiger charge is -2.00. The zero-order chi connectivity index (χ0) is 9.40. The van der Waals surface area contributed by atoms with Crippen LogP contribution in [0.4, 0.5) is 0 Å². The summed E-state index contributed by atoms with van der Waals surface area (Å²) in [7, 11) is 0. The second kappa shape index (κ2) is 7.39. The van der Waals surface area contributed by atoms with E-state index in [1.807, 2.05) is 6.08 Å². The van der Waals surface area contributed by atoms with E-state index in [4.69, 9.17) is 0 Å². The third kappa shape index (κ3) is 5.40. The minimum absolute atomic E-state index is 1.13. The van der Waals surface area contributed by atoms with Gasteiger partial charge >= 0.3 is 0 Å². The predicted octanol–water partition coefficient (Wildman–Crippen LogP) is 4.58. The Labute approximate surface area is 84.2 Å². The highest BCUT2D eigenvalue weighted by molar-refractivity contribution is 9.11. The molecule has 0 fully saturated rings. The van der Waals surface area contributed by atoms with Gasteiger partial charge in [0.05, 0.1) is 0 Å². The molecule has 0 N–H and O–H groups in total. The van der Waals surface area contributed by atoms with E-state index >= 15 is 0 Å². The predicted molar refractivity (Wildman–Crippen MR) is 59.5 cm³/mol. The minimum atomic E-state index is 1.13. The number of hydrogen-bond acceptors (Lipinski definition) is 0. The van der Waals surface area contributed by atoms with Crippen LogP contribution in [0.25, 0.3) is 0 Å². The van der Waals surface area contributed by atoms with E-state index in [-0.39, 0.29) is 0 Å². The molecule has 12 heavy (non-hydrogen) atoms. The lowest BCUT2D eigenvalue weighted by molar-refractivity contribution is 0.713. The number of rotatable bonds is 5. The van der Waals surface area contributed by atoms with Crippen molar-refractivity contribution in [2.45, 2.75) is 39.5 Å². The van der Waals surface area contributed by atoms with Crippen LogP contribution in [-0.4, -0.2) is 0 Å². The third-order valence-corrected chi connectivity index (χ3v) is 2.70. The summed E-state index contributed by atoms with van der Waals surface area (Å²) >= 11 is 3.48. The van der Waals surface area contributed by atoms with Crippen molar-refractivity contribution in [1.82, 2.24) is 0 Å². The van der Waals surface area contributed by atoms with Gasteiger partial charge in [-0.1, -0.05) is 47.8 Å². The molecule has 0 aliphatic heterocycles. The molecule has 0 aromatic rings. The van der Waals surface area contributed by atoms with Gasteiger partial charge in [-0.15, -0.1) is 5.73 Å².